The van der Waals surface area contributed by atoms with Crippen LogP contribution in [-0.4, -0.2) is 23.5 Å². The van der Waals surface area contributed by atoms with Crippen LogP contribution in [0.1, 0.15) is 35.8 Å². The summed E-state index contributed by atoms with van der Waals surface area (Å²) < 4.78 is 10.5. The molecular formula is C16H20N2O3. The van der Waals surface area contributed by atoms with Gasteiger partial charge in [0.2, 0.25) is 0 Å². The van der Waals surface area contributed by atoms with Crippen molar-refractivity contribution < 1.29 is 13.9 Å². The smallest absolute Gasteiger partial charge is 0.287 e. The van der Waals surface area contributed by atoms with Crippen LogP contribution in [0.5, 0.6) is 5.95 Å². The molecule has 2 heterocycles. The predicted molar refractivity (Wildman–Crippen MR) is 79.5 cm³/mol. The van der Waals surface area contributed by atoms with Crippen molar-refractivity contribution in [2.24, 2.45) is 0 Å². The van der Waals surface area contributed by atoms with E-state index in [1.165, 1.54) is 0 Å². The van der Waals surface area contributed by atoms with Crippen LogP contribution in [-0.2, 0) is 6.42 Å². The van der Waals surface area contributed by atoms with Crippen LogP contribution in [0.2, 0.25) is 0 Å². The quantitative estimate of drug-likeness (QED) is 0.887. The number of amides is 1. The zero-order valence-corrected chi connectivity index (χ0v) is 12.6. The fourth-order valence-corrected chi connectivity index (χ4v) is 2.03. The molecule has 0 bridgehead atoms. The number of hydrogen-bond donors (Lipinski definition) is 1. The summed E-state index contributed by atoms with van der Waals surface area (Å²) in [7, 11) is 0. The second-order valence-electron chi connectivity index (χ2n) is 4.90. The zero-order chi connectivity index (χ0) is 15.2. The van der Waals surface area contributed by atoms with Gasteiger partial charge in [-0.25, -0.2) is 0 Å². The van der Waals surface area contributed by atoms with Crippen LogP contribution in [0, 0.1) is 6.92 Å². The molecule has 1 unspecified atom stereocenters. The maximum absolute atomic E-state index is 12.0. The van der Waals surface area contributed by atoms with Gasteiger partial charge in [0.25, 0.3) is 11.9 Å². The van der Waals surface area contributed by atoms with E-state index in [1.807, 2.05) is 39.0 Å². The first-order chi connectivity index (χ1) is 10.1. The lowest BCUT2D eigenvalue weighted by atomic mass is 10.1. The van der Waals surface area contributed by atoms with Crippen molar-refractivity contribution >= 4 is 5.91 Å². The van der Waals surface area contributed by atoms with Gasteiger partial charge in [0, 0.05) is 29.9 Å². The Bertz CT molecular complexity index is 607. The molecule has 0 aromatic carbocycles. The number of aromatic nitrogens is 1. The average Bonchev–Trinajstić information content (AvgIpc) is 2.87. The van der Waals surface area contributed by atoms with Gasteiger partial charge in [-0.05, 0) is 39.0 Å². The van der Waals surface area contributed by atoms with Gasteiger partial charge < -0.3 is 14.5 Å². The Morgan fingerprint density at radius 2 is 2.19 bits per heavy atom. The molecule has 2 aromatic rings. The maximum atomic E-state index is 12.0. The van der Waals surface area contributed by atoms with Gasteiger partial charge in [0.1, 0.15) is 0 Å². The van der Waals surface area contributed by atoms with Gasteiger partial charge in [0.05, 0.1) is 6.61 Å². The van der Waals surface area contributed by atoms with Crippen LogP contribution in [0.3, 0.4) is 0 Å². The summed E-state index contributed by atoms with van der Waals surface area (Å²) >= 11 is 0. The molecule has 1 atom stereocenters. The molecule has 0 saturated heterocycles. The molecule has 0 aliphatic carbocycles. The molecule has 1 N–H and O–H groups in total. The van der Waals surface area contributed by atoms with Gasteiger partial charge in [-0.1, -0.05) is 6.07 Å². The molecule has 1 amide bonds. The minimum atomic E-state index is -0.249. The van der Waals surface area contributed by atoms with E-state index in [0.717, 1.165) is 11.4 Å². The van der Waals surface area contributed by atoms with Gasteiger partial charge in [-0.3, -0.25) is 9.78 Å². The first-order valence-electron chi connectivity index (χ1n) is 7.04. The Morgan fingerprint density at radius 3 is 2.90 bits per heavy atom. The number of carbonyl (C=O) groups excluding carboxylic acids is 1. The monoisotopic (exact) mass is 288 g/mol. The van der Waals surface area contributed by atoms with E-state index < -0.39 is 0 Å². The first kappa shape index (κ1) is 15.1. The van der Waals surface area contributed by atoms with Gasteiger partial charge in [-0.15, -0.1) is 0 Å². The highest BCUT2D eigenvalue weighted by molar-refractivity contribution is 5.91. The fourth-order valence-electron chi connectivity index (χ4n) is 2.03. The molecule has 5 heteroatoms. The number of aryl methyl sites for hydroxylation is 1. The molecule has 0 saturated carbocycles. The van der Waals surface area contributed by atoms with Crippen molar-refractivity contribution in [1.82, 2.24) is 10.3 Å². The van der Waals surface area contributed by atoms with Crippen LogP contribution in [0.15, 0.2) is 34.7 Å². The molecular weight excluding hydrogens is 268 g/mol. The number of ether oxygens (including phenoxy) is 1. The van der Waals surface area contributed by atoms with Crippen LogP contribution in [0.4, 0.5) is 0 Å². The normalized spacial score (nSPS) is 12.0. The summed E-state index contributed by atoms with van der Waals surface area (Å²) in [6.07, 6.45) is 0.673. The fraction of sp³-hybridized carbons (Fsp3) is 0.375. The van der Waals surface area contributed by atoms with Gasteiger partial charge in [-0.2, -0.15) is 0 Å². The molecule has 21 heavy (non-hydrogen) atoms. The van der Waals surface area contributed by atoms with E-state index in [1.54, 1.807) is 12.1 Å². The van der Waals surface area contributed by atoms with E-state index >= 15 is 0 Å². The van der Waals surface area contributed by atoms with Crippen LogP contribution < -0.4 is 10.1 Å². The average molecular weight is 288 g/mol. The summed E-state index contributed by atoms with van der Waals surface area (Å²) in [5, 5.41) is 2.89. The predicted octanol–water partition coefficient (Wildman–Crippen LogP) is 2.74. The first-order valence-corrected chi connectivity index (χ1v) is 7.04. The highest BCUT2D eigenvalue weighted by Gasteiger charge is 2.15. The lowest BCUT2D eigenvalue weighted by Gasteiger charge is -2.12. The summed E-state index contributed by atoms with van der Waals surface area (Å²) in [6.45, 7) is 6.25. The number of nitrogens with zero attached hydrogens (tertiary/aromatic N) is 1. The van der Waals surface area contributed by atoms with Crippen molar-refractivity contribution in [3.8, 4) is 5.95 Å². The van der Waals surface area contributed by atoms with Gasteiger partial charge >= 0.3 is 0 Å². The summed E-state index contributed by atoms with van der Waals surface area (Å²) in [5.41, 5.74) is 1.93. The number of nitrogens with one attached hydrogen (secondary N) is 1. The molecule has 0 radical (unpaired) electrons. The van der Waals surface area contributed by atoms with E-state index in [-0.39, 0.29) is 17.7 Å². The van der Waals surface area contributed by atoms with E-state index in [2.05, 4.69) is 10.3 Å². The third kappa shape index (κ3) is 4.34. The second-order valence-corrected chi connectivity index (χ2v) is 4.90. The molecule has 0 spiro atoms. The molecule has 0 aliphatic heterocycles. The third-order valence-electron chi connectivity index (χ3n) is 2.93. The zero-order valence-electron chi connectivity index (χ0n) is 12.6. The van der Waals surface area contributed by atoms with Crippen LogP contribution in [0.25, 0.3) is 0 Å². The molecule has 2 rings (SSSR count). The maximum Gasteiger partial charge on any atom is 0.287 e. The van der Waals surface area contributed by atoms with Crippen molar-refractivity contribution in [3.63, 3.8) is 0 Å². The van der Waals surface area contributed by atoms with Crippen molar-refractivity contribution in [3.05, 3.63) is 47.5 Å². The second kappa shape index (κ2) is 6.92. The summed E-state index contributed by atoms with van der Waals surface area (Å²) in [5.74, 6) is 0.360. The Morgan fingerprint density at radius 1 is 1.38 bits per heavy atom. The Hall–Kier alpha value is -2.30. The number of pyridine rings is 1. The molecule has 0 fully saturated rings. The van der Waals surface area contributed by atoms with Crippen molar-refractivity contribution in [1.29, 1.82) is 0 Å². The topological polar surface area (TPSA) is 64.4 Å². The largest absolute Gasteiger partial charge is 0.465 e. The van der Waals surface area contributed by atoms with Crippen LogP contribution >= 0.6 is 0 Å². The lowest BCUT2D eigenvalue weighted by Crippen LogP contribution is -2.34. The van der Waals surface area contributed by atoms with Gasteiger partial charge in [0.15, 0.2) is 5.76 Å². The third-order valence-corrected chi connectivity index (χ3v) is 2.93. The molecule has 112 valence electrons. The number of rotatable bonds is 6. The van der Waals surface area contributed by atoms with E-state index in [9.17, 15) is 4.79 Å². The van der Waals surface area contributed by atoms with Crippen molar-refractivity contribution in [2.75, 3.05) is 6.61 Å². The highest BCUT2D eigenvalue weighted by atomic mass is 16.6. The Labute approximate surface area is 124 Å². The van der Waals surface area contributed by atoms with E-state index in [0.29, 0.717) is 19.0 Å². The van der Waals surface area contributed by atoms with E-state index in [4.69, 9.17) is 9.15 Å². The summed E-state index contributed by atoms with van der Waals surface area (Å²) in [4.78, 5) is 16.5. The lowest BCUT2D eigenvalue weighted by molar-refractivity contribution is 0.0903. The molecule has 0 aliphatic rings. The summed E-state index contributed by atoms with van der Waals surface area (Å²) in [6, 6.07) is 9.09. The Kier molecular flexibility index (Phi) is 4.98. The molecule has 2 aromatic heterocycles. The molecule has 5 nitrogen and oxygen atoms in total. The number of furan rings is 1. The standard InChI is InChI=1S/C16H20N2O3/c1-4-20-15-9-8-14(21-15)16(19)18-12(3)10-13-7-5-6-11(2)17-13/h5-9,12H,4,10H2,1-3H3,(H,18,19). The number of carbonyl (C=O) groups is 1. The van der Waals surface area contributed by atoms with Crippen molar-refractivity contribution in [2.45, 2.75) is 33.2 Å². The minimum absolute atomic E-state index is 0.0348. The highest BCUT2D eigenvalue weighted by Crippen LogP contribution is 2.16. The minimum Gasteiger partial charge on any atom is -0.465 e. The SMILES string of the molecule is CCOc1ccc(C(=O)NC(C)Cc2cccc(C)n2)o1. The number of hydrogen-bond acceptors (Lipinski definition) is 4. The Balaban J connectivity index is 1.92.